The van der Waals surface area contributed by atoms with E-state index < -0.39 is 5.97 Å². The van der Waals surface area contributed by atoms with Crippen LogP contribution in [-0.4, -0.2) is 37.0 Å². The lowest BCUT2D eigenvalue weighted by atomic mass is 10.1. The molecule has 3 N–H and O–H groups in total. The third-order valence-electron chi connectivity index (χ3n) is 3.76. The van der Waals surface area contributed by atoms with Crippen LogP contribution in [0.2, 0.25) is 0 Å². The van der Waals surface area contributed by atoms with E-state index in [2.05, 4.69) is 20.6 Å². The molecule has 0 bridgehead atoms. The van der Waals surface area contributed by atoms with Gasteiger partial charge in [-0.2, -0.15) is 10.2 Å². The predicted octanol–water partition coefficient (Wildman–Crippen LogP) is 0.892. The Kier molecular flexibility index (Phi) is 4.61. The summed E-state index contributed by atoms with van der Waals surface area (Å²) >= 11 is 0. The van der Waals surface area contributed by atoms with Crippen molar-refractivity contribution in [1.82, 2.24) is 25.3 Å². The molecule has 9 nitrogen and oxygen atoms in total. The van der Waals surface area contributed by atoms with Gasteiger partial charge in [0.05, 0.1) is 23.0 Å². The smallest absolute Gasteiger partial charge is 0.335 e. The summed E-state index contributed by atoms with van der Waals surface area (Å²) in [6, 6.07) is 9.15. The van der Waals surface area contributed by atoms with Gasteiger partial charge in [-0.1, -0.05) is 12.1 Å². The highest BCUT2D eigenvalue weighted by atomic mass is 16.4. The van der Waals surface area contributed by atoms with E-state index in [0.717, 1.165) is 0 Å². The van der Waals surface area contributed by atoms with Gasteiger partial charge in [0.15, 0.2) is 5.82 Å². The molecule has 0 unspecified atom stereocenters. The summed E-state index contributed by atoms with van der Waals surface area (Å²) in [7, 11) is 0. The minimum absolute atomic E-state index is 0.157. The number of benzene rings is 1. The SMILES string of the molecule is Cc1c(C(=O)NCc2cccc(C(=O)O)c2)cnn1-c1ccc(=O)[nH]n1. The van der Waals surface area contributed by atoms with Crippen LogP contribution in [0, 0.1) is 6.92 Å². The lowest BCUT2D eigenvalue weighted by Gasteiger charge is -2.07. The number of nitrogens with one attached hydrogen (secondary N) is 2. The largest absolute Gasteiger partial charge is 0.478 e. The molecule has 3 aromatic rings. The third-order valence-corrected chi connectivity index (χ3v) is 3.76. The number of carbonyl (C=O) groups is 2. The van der Waals surface area contributed by atoms with E-state index >= 15 is 0 Å². The van der Waals surface area contributed by atoms with E-state index in [1.807, 2.05) is 0 Å². The van der Waals surface area contributed by atoms with Crippen molar-refractivity contribution >= 4 is 11.9 Å². The second-order valence-electron chi connectivity index (χ2n) is 5.52. The van der Waals surface area contributed by atoms with Crippen molar-refractivity contribution in [3.05, 3.63) is 75.3 Å². The number of amides is 1. The fourth-order valence-corrected chi connectivity index (χ4v) is 2.41. The summed E-state index contributed by atoms with van der Waals surface area (Å²) in [5.74, 6) is -0.988. The standard InChI is InChI=1S/C17H15N5O4/c1-10-13(9-19-22(10)14-5-6-15(23)21-20-14)16(24)18-8-11-3-2-4-12(7-11)17(25)26/h2-7,9H,8H2,1H3,(H,18,24)(H,21,23)(H,25,26). The number of aromatic amines is 1. The fraction of sp³-hybridized carbons (Fsp3) is 0.118. The second kappa shape index (κ2) is 7.01. The molecule has 0 saturated carbocycles. The molecular formula is C17H15N5O4. The molecule has 2 heterocycles. The van der Waals surface area contributed by atoms with Crippen molar-refractivity contribution < 1.29 is 14.7 Å². The number of hydrogen-bond acceptors (Lipinski definition) is 5. The molecule has 0 aliphatic rings. The molecule has 3 rings (SSSR count). The summed E-state index contributed by atoms with van der Waals surface area (Å²) in [4.78, 5) is 34.5. The number of nitrogens with zero attached hydrogens (tertiary/aromatic N) is 3. The summed E-state index contributed by atoms with van der Waals surface area (Å²) < 4.78 is 1.44. The lowest BCUT2D eigenvalue weighted by Crippen LogP contribution is -2.23. The second-order valence-corrected chi connectivity index (χ2v) is 5.52. The average Bonchev–Trinajstić information content (AvgIpc) is 3.02. The highest BCUT2D eigenvalue weighted by molar-refractivity contribution is 5.95. The number of hydrogen-bond donors (Lipinski definition) is 3. The highest BCUT2D eigenvalue weighted by Gasteiger charge is 2.16. The zero-order valence-electron chi connectivity index (χ0n) is 13.8. The van der Waals surface area contributed by atoms with Gasteiger partial charge in [0.1, 0.15) is 0 Å². The number of carboxylic acids is 1. The highest BCUT2D eigenvalue weighted by Crippen LogP contribution is 2.12. The molecule has 132 valence electrons. The first-order chi connectivity index (χ1) is 12.5. The molecule has 1 aromatic carbocycles. The number of rotatable bonds is 5. The van der Waals surface area contributed by atoms with Gasteiger partial charge in [0.25, 0.3) is 11.5 Å². The summed E-state index contributed by atoms with van der Waals surface area (Å²) in [5.41, 5.74) is 1.41. The maximum atomic E-state index is 12.4. The van der Waals surface area contributed by atoms with Gasteiger partial charge >= 0.3 is 5.97 Å². The molecule has 0 radical (unpaired) electrons. The summed E-state index contributed by atoms with van der Waals surface area (Å²) in [6.07, 6.45) is 1.41. The quantitative estimate of drug-likeness (QED) is 0.624. The van der Waals surface area contributed by atoms with Crippen LogP contribution in [0.4, 0.5) is 0 Å². The van der Waals surface area contributed by atoms with Crippen molar-refractivity contribution in [1.29, 1.82) is 0 Å². The molecular weight excluding hydrogens is 338 g/mol. The molecule has 26 heavy (non-hydrogen) atoms. The van der Waals surface area contributed by atoms with Gasteiger partial charge in [-0.3, -0.25) is 9.59 Å². The zero-order chi connectivity index (χ0) is 18.7. The topological polar surface area (TPSA) is 130 Å². The lowest BCUT2D eigenvalue weighted by molar-refractivity contribution is 0.0696. The van der Waals surface area contributed by atoms with E-state index in [0.29, 0.717) is 22.6 Å². The number of carboxylic acid groups (broad SMARTS) is 1. The first kappa shape index (κ1) is 17.1. The van der Waals surface area contributed by atoms with Gasteiger partial charge < -0.3 is 10.4 Å². The van der Waals surface area contributed by atoms with Crippen LogP contribution in [0.5, 0.6) is 0 Å². The fourth-order valence-electron chi connectivity index (χ4n) is 2.41. The zero-order valence-corrected chi connectivity index (χ0v) is 13.8. The Hall–Kier alpha value is -3.75. The van der Waals surface area contributed by atoms with Crippen LogP contribution in [-0.2, 0) is 6.54 Å². The van der Waals surface area contributed by atoms with Gasteiger partial charge in [0, 0.05) is 12.6 Å². The summed E-state index contributed by atoms with van der Waals surface area (Å²) in [5, 5.41) is 22.0. The molecule has 1 amide bonds. The van der Waals surface area contributed by atoms with Crippen LogP contribution in [0.3, 0.4) is 0 Å². The first-order valence-corrected chi connectivity index (χ1v) is 7.67. The number of carbonyl (C=O) groups excluding carboxylic acids is 1. The molecule has 2 aromatic heterocycles. The van der Waals surface area contributed by atoms with Crippen LogP contribution >= 0.6 is 0 Å². The Labute approximate surface area is 147 Å². The van der Waals surface area contributed by atoms with Gasteiger partial charge in [-0.15, -0.1) is 0 Å². The van der Waals surface area contributed by atoms with Crippen LogP contribution in [0.25, 0.3) is 5.82 Å². The van der Waals surface area contributed by atoms with Gasteiger partial charge in [-0.05, 0) is 30.7 Å². The van der Waals surface area contributed by atoms with Crippen LogP contribution < -0.4 is 10.9 Å². The molecule has 0 fully saturated rings. The first-order valence-electron chi connectivity index (χ1n) is 7.67. The van der Waals surface area contributed by atoms with Gasteiger partial charge in [0.2, 0.25) is 0 Å². The van der Waals surface area contributed by atoms with Crippen molar-refractivity contribution in [2.24, 2.45) is 0 Å². The molecule has 0 saturated heterocycles. The Bertz CT molecular complexity index is 1020. The van der Waals surface area contributed by atoms with Gasteiger partial charge in [-0.25, -0.2) is 14.6 Å². The number of aromatic carboxylic acids is 1. The van der Waals surface area contributed by atoms with E-state index in [1.54, 1.807) is 19.1 Å². The van der Waals surface area contributed by atoms with Crippen molar-refractivity contribution in [3.8, 4) is 5.82 Å². The Morgan fingerprint density at radius 3 is 2.77 bits per heavy atom. The van der Waals surface area contributed by atoms with Crippen molar-refractivity contribution in [2.45, 2.75) is 13.5 Å². The minimum Gasteiger partial charge on any atom is -0.478 e. The molecule has 9 heteroatoms. The van der Waals surface area contributed by atoms with E-state index in [1.165, 1.54) is 35.1 Å². The van der Waals surface area contributed by atoms with E-state index in [9.17, 15) is 14.4 Å². The van der Waals surface area contributed by atoms with E-state index in [4.69, 9.17) is 5.11 Å². The molecule has 0 spiro atoms. The molecule has 0 aliphatic carbocycles. The average molecular weight is 353 g/mol. The Balaban J connectivity index is 1.75. The maximum absolute atomic E-state index is 12.4. The number of aromatic nitrogens is 4. The van der Waals surface area contributed by atoms with Crippen molar-refractivity contribution in [2.75, 3.05) is 0 Å². The van der Waals surface area contributed by atoms with Crippen LogP contribution in [0.1, 0.15) is 32.0 Å². The van der Waals surface area contributed by atoms with E-state index in [-0.39, 0.29) is 23.6 Å². The Morgan fingerprint density at radius 2 is 2.08 bits per heavy atom. The monoisotopic (exact) mass is 353 g/mol. The molecule has 0 aliphatic heterocycles. The van der Waals surface area contributed by atoms with Crippen molar-refractivity contribution in [3.63, 3.8) is 0 Å². The Morgan fingerprint density at radius 1 is 1.27 bits per heavy atom. The third kappa shape index (κ3) is 3.51. The normalized spacial score (nSPS) is 10.5. The van der Waals surface area contributed by atoms with Crippen LogP contribution in [0.15, 0.2) is 47.4 Å². The summed E-state index contributed by atoms with van der Waals surface area (Å²) in [6.45, 7) is 1.89. The molecule has 0 atom stereocenters. The minimum atomic E-state index is -1.02. The number of H-pyrrole nitrogens is 1. The predicted molar refractivity (Wildman–Crippen MR) is 91.3 cm³/mol. The maximum Gasteiger partial charge on any atom is 0.335 e.